The lowest BCUT2D eigenvalue weighted by molar-refractivity contribution is -0.125. The Balaban J connectivity index is 1.45. The van der Waals surface area contributed by atoms with Crippen LogP contribution in [-0.2, 0) is 14.6 Å². The van der Waals surface area contributed by atoms with Crippen molar-refractivity contribution < 1.29 is 22.7 Å². The summed E-state index contributed by atoms with van der Waals surface area (Å²) >= 11 is 1.45. The lowest BCUT2D eigenvalue weighted by Gasteiger charge is -2.17. The molecule has 3 heterocycles. The number of hydrogen-bond donors (Lipinski definition) is 0. The summed E-state index contributed by atoms with van der Waals surface area (Å²) in [6.07, 6.45) is 3.61. The smallest absolute Gasteiger partial charge is 0.246 e. The van der Waals surface area contributed by atoms with Crippen molar-refractivity contribution >= 4 is 33.2 Å². The minimum Gasteiger partial charge on any atom is -0.454 e. The van der Waals surface area contributed by atoms with Crippen molar-refractivity contribution in [2.45, 2.75) is 11.7 Å². The van der Waals surface area contributed by atoms with Gasteiger partial charge in [-0.15, -0.1) is 11.3 Å². The zero-order chi connectivity index (χ0) is 18.9. The molecular weight excluding hydrogens is 386 g/mol. The van der Waals surface area contributed by atoms with E-state index in [2.05, 4.69) is 0 Å². The van der Waals surface area contributed by atoms with E-state index in [1.54, 1.807) is 17.0 Å². The van der Waals surface area contributed by atoms with Gasteiger partial charge in [-0.1, -0.05) is 12.1 Å². The lowest BCUT2D eigenvalue weighted by Crippen LogP contribution is -2.32. The summed E-state index contributed by atoms with van der Waals surface area (Å²) < 4.78 is 35.8. The van der Waals surface area contributed by atoms with Crippen LogP contribution in [0.2, 0.25) is 0 Å². The van der Waals surface area contributed by atoms with Gasteiger partial charge in [0.05, 0.1) is 11.0 Å². The van der Waals surface area contributed by atoms with E-state index in [1.807, 2.05) is 29.6 Å². The number of thiophene rings is 1. The van der Waals surface area contributed by atoms with Crippen molar-refractivity contribution in [2.75, 3.05) is 25.6 Å². The first-order valence-electron chi connectivity index (χ1n) is 8.64. The standard InChI is InChI=1S/C19H19NO5S2/c21-19(6-4-14-3-5-15-16(12-14)25-13-24-15)20-8-7-18(17-2-1-10-26-17)27(22,23)11-9-20/h1-6,10,12,18H,7-9,11,13H2. The van der Waals surface area contributed by atoms with Gasteiger partial charge in [-0.2, -0.15) is 0 Å². The topological polar surface area (TPSA) is 72.9 Å². The van der Waals surface area contributed by atoms with Crippen LogP contribution in [0.15, 0.2) is 41.8 Å². The average Bonchev–Trinajstić information content (AvgIpc) is 3.30. The second-order valence-corrected chi connectivity index (χ2v) is 9.71. The molecule has 0 spiro atoms. The molecule has 1 amide bonds. The van der Waals surface area contributed by atoms with Crippen LogP contribution in [0.5, 0.6) is 11.5 Å². The summed E-state index contributed by atoms with van der Waals surface area (Å²) in [5, 5.41) is 1.36. The van der Waals surface area contributed by atoms with Gasteiger partial charge < -0.3 is 14.4 Å². The highest BCUT2D eigenvalue weighted by atomic mass is 32.2. The van der Waals surface area contributed by atoms with E-state index >= 15 is 0 Å². The molecule has 4 rings (SSSR count). The maximum atomic E-state index is 12.6. The number of benzene rings is 1. The van der Waals surface area contributed by atoms with Crippen molar-refractivity contribution in [1.82, 2.24) is 4.90 Å². The average molecular weight is 405 g/mol. The molecule has 8 heteroatoms. The number of sulfone groups is 1. The molecule has 1 unspecified atom stereocenters. The van der Waals surface area contributed by atoms with Crippen LogP contribution in [0.4, 0.5) is 0 Å². The molecule has 1 saturated heterocycles. The molecule has 0 bridgehead atoms. The molecule has 0 N–H and O–H groups in total. The molecule has 27 heavy (non-hydrogen) atoms. The summed E-state index contributed by atoms with van der Waals surface area (Å²) in [6, 6.07) is 9.17. The number of rotatable bonds is 3. The number of hydrogen-bond acceptors (Lipinski definition) is 6. The number of nitrogens with zero attached hydrogens (tertiary/aromatic N) is 1. The minimum absolute atomic E-state index is 0.0147. The third-order valence-corrected chi connectivity index (χ3v) is 7.97. The largest absolute Gasteiger partial charge is 0.454 e. The van der Waals surface area contributed by atoms with Crippen LogP contribution >= 0.6 is 11.3 Å². The highest BCUT2D eigenvalue weighted by Crippen LogP contribution is 2.33. The van der Waals surface area contributed by atoms with E-state index in [9.17, 15) is 13.2 Å². The molecule has 1 aromatic heterocycles. The number of fused-ring (bicyclic) bond motifs is 1. The zero-order valence-corrected chi connectivity index (χ0v) is 16.2. The Morgan fingerprint density at radius 2 is 2.04 bits per heavy atom. The van der Waals surface area contributed by atoms with Gasteiger partial charge in [-0.25, -0.2) is 8.42 Å². The molecule has 1 aromatic carbocycles. The summed E-state index contributed by atoms with van der Waals surface area (Å²) in [6.45, 7) is 0.843. The summed E-state index contributed by atoms with van der Waals surface area (Å²) in [7, 11) is -3.26. The fourth-order valence-electron chi connectivity index (χ4n) is 3.25. The molecule has 1 fully saturated rings. The van der Waals surface area contributed by atoms with E-state index in [1.165, 1.54) is 17.4 Å². The number of amides is 1. The quantitative estimate of drug-likeness (QED) is 0.734. The fraction of sp³-hybridized carbons (Fsp3) is 0.316. The van der Waals surface area contributed by atoms with Crippen molar-refractivity contribution in [1.29, 1.82) is 0 Å². The van der Waals surface area contributed by atoms with E-state index < -0.39 is 15.1 Å². The van der Waals surface area contributed by atoms with Crippen LogP contribution in [-0.4, -0.2) is 44.9 Å². The fourth-order valence-corrected chi connectivity index (χ4v) is 6.25. The Kier molecular flexibility index (Phi) is 4.92. The second-order valence-electron chi connectivity index (χ2n) is 6.43. The molecule has 1 atom stereocenters. The Labute approximate surface area is 161 Å². The van der Waals surface area contributed by atoms with Crippen LogP contribution < -0.4 is 9.47 Å². The van der Waals surface area contributed by atoms with Crippen molar-refractivity contribution in [3.8, 4) is 11.5 Å². The third kappa shape index (κ3) is 3.86. The van der Waals surface area contributed by atoms with Crippen molar-refractivity contribution in [3.63, 3.8) is 0 Å². The Hall–Kier alpha value is -2.32. The molecular formula is C19H19NO5S2. The first-order chi connectivity index (χ1) is 13.0. The molecule has 0 saturated carbocycles. The van der Waals surface area contributed by atoms with Crippen LogP contribution in [0, 0.1) is 0 Å². The van der Waals surface area contributed by atoms with Crippen LogP contribution in [0.1, 0.15) is 22.1 Å². The highest BCUT2D eigenvalue weighted by molar-refractivity contribution is 7.91. The van der Waals surface area contributed by atoms with E-state index in [0.717, 1.165) is 10.4 Å². The zero-order valence-electron chi connectivity index (χ0n) is 14.5. The molecule has 6 nitrogen and oxygen atoms in total. The second kappa shape index (κ2) is 7.36. The van der Waals surface area contributed by atoms with Crippen LogP contribution in [0.3, 0.4) is 0 Å². The molecule has 2 aliphatic rings. The van der Waals surface area contributed by atoms with Gasteiger partial charge >= 0.3 is 0 Å². The number of carbonyl (C=O) groups is 1. The molecule has 2 aromatic rings. The molecule has 142 valence electrons. The van der Waals surface area contributed by atoms with Gasteiger partial charge in [0.25, 0.3) is 0 Å². The first-order valence-corrected chi connectivity index (χ1v) is 11.2. The van der Waals surface area contributed by atoms with Crippen LogP contribution in [0.25, 0.3) is 6.08 Å². The monoisotopic (exact) mass is 405 g/mol. The van der Waals surface area contributed by atoms with E-state index in [4.69, 9.17) is 9.47 Å². The molecule has 0 aliphatic carbocycles. The Morgan fingerprint density at radius 3 is 2.85 bits per heavy atom. The predicted octanol–water partition coefficient (Wildman–Crippen LogP) is 2.88. The van der Waals surface area contributed by atoms with Gasteiger partial charge in [-0.3, -0.25) is 4.79 Å². The summed E-state index contributed by atoms with van der Waals surface area (Å²) in [4.78, 5) is 15.0. The normalized spacial score (nSPS) is 21.3. The Bertz CT molecular complexity index is 966. The number of ether oxygens (including phenoxy) is 2. The first kappa shape index (κ1) is 18.1. The highest BCUT2D eigenvalue weighted by Gasteiger charge is 2.32. The maximum Gasteiger partial charge on any atom is 0.246 e. The molecule has 0 radical (unpaired) electrons. The Morgan fingerprint density at radius 1 is 1.19 bits per heavy atom. The van der Waals surface area contributed by atoms with Gasteiger partial charge in [0.1, 0.15) is 0 Å². The number of carbonyl (C=O) groups excluding carboxylic acids is 1. The van der Waals surface area contributed by atoms with E-state index in [-0.39, 0.29) is 25.0 Å². The summed E-state index contributed by atoms with van der Waals surface area (Å²) in [5.41, 5.74) is 0.825. The SMILES string of the molecule is O=C(C=Cc1ccc2c(c1)OCO2)N1CCC(c2cccs2)S(=O)(=O)CC1. The lowest BCUT2D eigenvalue weighted by atomic mass is 10.2. The van der Waals surface area contributed by atoms with Gasteiger partial charge in [-0.05, 0) is 41.6 Å². The van der Waals surface area contributed by atoms with Crippen molar-refractivity contribution in [3.05, 3.63) is 52.2 Å². The van der Waals surface area contributed by atoms with Gasteiger partial charge in [0.2, 0.25) is 12.7 Å². The van der Waals surface area contributed by atoms with Gasteiger partial charge in [0, 0.05) is 24.0 Å². The minimum atomic E-state index is -3.26. The van der Waals surface area contributed by atoms with Crippen molar-refractivity contribution in [2.24, 2.45) is 0 Å². The third-order valence-electron chi connectivity index (χ3n) is 4.73. The predicted molar refractivity (Wildman–Crippen MR) is 104 cm³/mol. The maximum absolute atomic E-state index is 12.6. The molecule has 2 aliphatic heterocycles. The summed E-state index contributed by atoms with van der Waals surface area (Å²) in [5.74, 6) is 1.15. The van der Waals surface area contributed by atoms with Gasteiger partial charge in [0.15, 0.2) is 21.3 Å². The van der Waals surface area contributed by atoms with E-state index in [0.29, 0.717) is 24.5 Å².